The predicted octanol–water partition coefficient (Wildman–Crippen LogP) is 5.69. The van der Waals surface area contributed by atoms with Crippen LogP contribution in [0.1, 0.15) is 48.3 Å². The number of urea groups is 1. The van der Waals surface area contributed by atoms with Crippen molar-refractivity contribution < 1.29 is 14.3 Å². The van der Waals surface area contributed by atoms with E-state index in [0.29, 0.717) is 23.5 Å². The van der Waals surface area contributed by atoms with E-state index in [1.165, 1.54) is 0 Å². The van der Waals surface area contributed by atoms with Crippen molar-refractivity contribution >= 4 is 23.3 Å². The predicted molar refractivity (Wildman–Crippen MR) is 146 cm³/mol. The number of amides is 3. The van der Waals surface area contributed by atoms with Gasteiger partial charge in [0.1, 0.15) is 5.75 Å². The van der Waals surface area contributed by atoms with Gasteiger partial charge in [-0.25, -0.2) is 4.79 Å². The summed E-state index contributed by atoms with van der Waals surface area (Å²) in [6.07, 6.45) is 0. The summed E-state index contributed by atoms with van der Waals surface area (Å²) in [6, 6.07) is 22.5. The fourth-order valence-electron chi connectivity index (χ4n) is 4.03. The van der Waals surface area contributed by atoms with Crippen molar-refractivity contribution in [1.82, 2.24) is 10.2 Å². The first-order chi connectivity index (χ1) is 17.2. The summed E-state index contributed by atoms with van der Waals surface area (Å²) in [5.41, 5.74) is 4.18. The molecule has 3 aromatic carbocycles. The molecule has 190 valence electrons. The average molecular weight is 489 g/mol. The minimum absolute atomic E-state index is 0.0230. The van der Waals surface area contributed by atoms with Crippen LogP contribution in [0.4, 0.5) is 16.2 Å². The van der Waals surface area contributed by atoms with E-state index in [-0.39, 0.29) is 24.0 Å². The number of methoxy groups -OCH3 is 1. The van der Waals surface area contributed by atoms with E-state index in [1.807, 2.05) is 93.2 Å². The maximum Gasteiger partial charge on any atom is 0.319 e. The van der Waals surface area contributed by atoms with E-state index < -0.39 is 0 Å². The standard InChI is InChI=1S/C29H36N4O3/c1-20(2)30-29(35)31-25-14-17-27(32(4)5)24(18-25)19-33(21(3)22-10-8-7-9-11-22)28(34)23-12-15-26(36-6)16-13-23/h7-18,20-21H,19H2,1-6H3,(H2,30,31,35). The number of nitrogens with one attached hydrogen (secondary N) is 2. The summed E-state index contributed by atoms with van der Waals surface area (Å²) in [5.74, 6) is 0.608. The van der Waals surface area contributed by atoms with E-state index in [4.69, 9.17) is 4.74 Å². The molecule has 0 saturated carbocycles. The summed E-state index contributed by atoms with van der Waals surface area (Å²) < 4.78 is 5.26. The van der Waals surface area contributed by atoms with Gasteiger partial charge in [-0.05, 0) is 74.4 Å². The highest BCUT2D eigenvalue weighted by Gasteiger charge is 2.25. The van der Waals surface area contributed by atoms with Gasteiger partial charge in [-0.15, -0.1) is 0 Å². The Labute approximate surface area is 214 Å². The molecule has 3 amide bonds. The lowest BCUT2D eigenvalue weighted by Gasteiger charge is -2.32. The molecule has 0 saturated heterocycles. The third-order valence-electron chi connectivity index (χ3n) is 5.93. The Balaban J connectivity index is 2.00. The molecular weight excluding hydrogens is 452 g/mol. The molecule has 7 heteroatoms. The molecule has 0 aliphatic heterocycles. The highest BCUT2D eigenvalue weighted by Crippen LogP contribution is 2.30. The maximum atomic E-state index is 13.8. The van der Waals surface area contributed by atoms with Crippen LogP contribution in [0, 0.1) is 0 Å². The first-order valence-corrected chi connectivity index (χ1v) is 12.1. The highest BCUT2D eigenvalue weighted by atomic mass is 16.5. The van der Waals surface area contributed by atoms with Crippen LogP contribution in [0.5, 0.6) is 5.75 Å². The SMILES string of the molecule is COc1ccc(C(=O)N(Cc2cc(NC(=O)NC(C)C)ccc2N(C)C)C(C)c2ccccc2)cc1. The van der Waals surface area contributed by atoms with E-state index in [1.54, 1.807) is 31.4 Å². The Kier molecular flexibility index (Phi) is 8.95. The number of hydrogen-bond donors (Lipinski definition) is 2. The molecule has 36 heavy (non-hydrogen) atoms. The number of anilines is 2. The molecule has 2 N–H and O–H groups in total. The van der Waals surface area contributed by atoms with Crippen molar-refractivity contribution in [2.45, 2.75) is 39.4 Å². The number of carbonyl (C=O) groups excluding carboxylic acids is 2. The minimum Gasteiger partial charge on any atom is -0.497 e. The summed E-state index contributed by atoms with van der Waals surface area (Å²) in [7, 11) is 5.53. The molecule has 0 fully saturated rings. The van der Waals surface area contributed by atoms with Crippen molar-refractivity contribution in [1.29, 1.82) is 0 Å². The Morgan fingerprint density at radius 3 is 2.17 bits per heavy atom. The first kappa shape index (κ1) is 26.6. The minimum atomic E-state index is -0.266. The first-order valence-electron chi connectivity index (χ1n) is 12.1. The summed E-state index contributed by atoms with van der Waals surface area (Å²) in [5, 5.41) is 5.74. The normalized spacial score (nSPS) is 11.5. The van der Waals surface area contributed by atoms with Gasteiger partial charge in [0, 0.05) is 43.6 Å². The van der Waals surface area contributed by atoms with Crippen molar-refractivity contribution in [3.63, 3.8) is 0 Å². The van der Waals surface area contributed by atoms with Crippen LogP contribution in [-0.4, -0.2) is 44.1 Å². The molecule has 0 aromatic heterocycles. The zero-order valence-corrected chi connectivity index (χ0v) is 21.9. The van der Waals surface area contributed by atoms with Crippen LogP contribution >= 0.6 is 0 Å². The Hall–Kier alpha value is -4.00. The van der Waals surface area contributed by atoms with Crippen molar-refractivity contribution in [2.75, 3.05) is 31.4 Å². The lowest BCUT2D eigenvalue weighted by Crippen LogP contribution is -2.35. The maximum absolute atomic E-state index is 13.8. The zero-order chi connectivity index (χ0) is 26.2. The fraction of sp³-hybridized carbons (Fsp3) is 0.310. The molecule has 0 aliphatic rings. The molecular formula is C29H36N4O3. The van der Waals surface area contributed by atoms with Crippen LogP contribution in [0.2, 0.25) is 0 Å². The van der Waals surface area contributed by atoms with Crippen molar-refractivity contribution in [2.24, 2.45) is 0 Å². The van der Waals surface area contributed by atoms with Gasteiger partial charge >= 0.3 is 6.03 Å². The molecule has 0 heterocycles. The van der Waals surface area contributed by atoms with E-state index >= 15 is 0 Å². The topological polar surface area (TPSA) is 73.9 Å². The highest BCUT2D eigenvalue weighted by molar-refractivity contribution is 5.95. The smallest absolute Gasteiger partial charge is 0.319 e. The van der Waals surface area contributed by atoms with Crippen molar-refractivity contribution in [3.8, 4) is 5.75 Å². The van der Waals surface area contributed by atoms with Gasteiger partial charge in [0.2, 0.25) is 0 Å². The molecule has 0 aliphatic carbocycles. The van der Waals surface area contributed by atoms with E-state index in [0.717, 1.165) is 16.8 Å². The number of nitrogens with zero attached hydrogens (tertiary/aromatic N) is 2. The van der Waals surface area contributed by atoms with Crippen LogP contribution in [0.15, 0.2) is 72.8 Å². The molecule has 1 atom stereocenters. The number of benzene rings is 3. The fourth-order valence-corrected chi connectivity index (χ4v) is 4.03. The van der Waals surface area contributed by atoms with Crippen LogP contribution in [0.3, 0.4) is 0 Å². The second-order valence-corrected chi connectivity index (χ2v) is 9.24. The molecule has 3 rings (SSSR count). The number of carbonyl (C=O) groups is 2. The van der Waals surface area contributed by atoms with E-state index in [2.05, 4.69) is 10.6 Å². The van der Waals surface area contributed by atoms with Crippen LogP contribution < -0.4 is 20.3 Å². The lowest BCUT2D eigenvalue weighted by atomic mass is 10.0. The Morgan fingerprint density at radius 2 is 1.58 bits per heavy atom. The van der Waals surface area contributed by atoms with Gasteiger partial charge in [0.25, 0.3) is 5.91 Å². The zero-order valence-electron chi connectivity index (χ0n) is 21.9. The monoisotopic (exact) mass is 488 g/mol. The van der Waals surface area contributed by atoms with E-state index in [9.17, 15) is 9.59 Å². The Bertz CT molecular complexity index is 1160. The Morgan fingerprint density at radius 1 is 0.917 bits per heavy atom. The number of ether oxygens (including phenoxy) is 1. The summed E-state index contributed by atoms with van der Waals surface area (Å²) in [6.45, 7) is 6.21. The number of rotatable bonds is 9. The van der Waals surface area contributed by atoms with Gasteiger partial charge in [0.15, 0.2) is 0 Å². The van der Waals surface area contributed by atoms with Gasteiger partial charge < -0.3 is 25.2 Å². The van der Waals surface area contributed by atoms with Gasteiger partial charge in [0.05, 0.1) is 13.2 Å². The third kappa shape index (κ3) is 6.78. The number of hydrogen-bond acceptors (Lipinski definition) is 4. The molecule has 0 radical (unpaired) electrons. The molecule has 1 unspecified atom stereocenters. The lowest BCUT2D eigenvalue weighted by molar-refractivity contribution is 0.0674. The largest absolute Gasteiger partial charge is 0.497 e. The summed E-state index contributed by atoms with van der Waals surface area (Å²) in [4.78, 5) is 30.0. The quantitative estimate of drug-likeness (QED) is 0.406. The molecule has 3 aromatic rings. The van der Waals surface area contributed by atoms with Crippen LogP contribution in [0.25, 0.3) is 0 Å². The molecule has 0 spiro atoms. The van der Waals surface area contributed by atoms with Gasteiger partial charge in [-0.3, -0.25) is 4.79 Å². The summed E-state index contributed by atoms with van der Waals surface area (Å²) >= 11 is 0. The third-order valence-corrected chi connectivity index (χ3v) is 5.93. The van der Waals surface area contributed by atoms with Crippen LogP contribution in [-0.2, 0) is 6.54 Å². The second-order valence-electron chi connectivity index (χ2n) is 9.24. The van der Waals surface area contributed by atoms with Crippen molar-refractivity contribution in [3.05, 3.63) is 89.5 Å². The van der Waals surface area contributed by atoms with Gasteiger partial charge in [-0.2, -0.15) is 0 Å². The van der Waals surface area contributed by atoms with Gasteiger partial charge in [-0.1, -0.05) is 30.3 Å². The second kappa shape index (κ2) is 12.1. The average Bonchev–Trinajstić information content (AvgIpc) is 2.86. The molecule has 0 bridgehead atoms. The molecule has 7 nitrogen and oxygen atoms in total.